The highest BCUT2D eigenvalue weighted by atomic mass is 14.6. The zero-order valence-electron chi connectivity index (χ0n) is 14.5. The molecule has 0 radical (unpaired) electrons. The molecule has 126 valence electrons. The first-order valence-electron chi connectivity index (χ1n) is 9.71. The fourth-order valence-corrected chi connectivity index (χ4v) is 4.04. The van der Waals surface area contributed by atoms with Crippen molar-refractivity contribution in [2.75, 3.05) is 6.54 Å². The highest BCUT2D eigenvalue weighted by Gasteiger charge is 2.17. The van der Waals surface area contributed by atoms with Crippen molar-refractivity contribution in [1.29, 1.82) is 0 Å². The maximum atomic E-state index is 6.67. The van der Waals surface area contributed by atoms with Crippen LogP contribution in [-0.4, -0.2) is 6.54 Å². The summed E-state index contributed by atoms with van der Waals surface area (Å²) in [6, 6.07) is 0. The molecule has 0 aliphatic heterocycles. The Bertz CT molecular complexity index is 377. The molecule has 2 aliphatic rings. The quantitative estimate of drug-likeness (QED) is 0.624. The van der Waals surface area contributed by atoms with E-state index in [1.807, 2.05) is 0 Å². The van der Waals surface area contributed by atoms with Gasteiger partial charge in [-0.15, -0.1) is 0 Å². The highest BCUT2D eigenvalue weighted by Crippen LogP contribution is 2.34. The molecular weight excluding hydrogens is 268 g/mol. The summed E-state index contributed by atoms with van der Waals surface area (Å²) < 4.78 is 0. The number of hydrogen-bond donors (Lipinski definition) is 2. The number of hydrogen-bond acceptors (Lipinski definition) is 2. The van der Waals surface area contributed by atoms with Gasteiger partial charge in [-0.05, 0) is 88.3 Å². The average Bonchev–Trinajstić information content (AvgIpc) is 2.59. The Labute approximate surface area is 137 Å². The second-order valence-corrected chi connectivity index (χ2v) is 7.17. The number of allylic oxidation sites excluding steroid dienone is 3. The van der Waals surface area contributed by atoms with Gasteiger partial charge < -0.3 is 11.5 Å². The minimum Gasteiger partial charge on any atom is -0.399 e. The topological polar surface area (TPSA) is 52.0 Å². The first kappa shape index (κ1) is 17.6. The van der Waals surface area contributed by atoms with Crippen molar-refractivity contribution in [2.45, 2.75) is 96.3 Å². The molecule has 22 heavy (non-hydrogen) atoms. The predicted octanol–water partition coefficient (Wildman–Crippen LogP) is 5.33. The molecule has 4 N–H and O–H groups in total. The molecule has 0 unspecified atom stereocenters. The Morgan fingerprint density at radius 3 is 1.82 bits per heavy atom. The second-order valence-electron chi connectivity index (χ2n) is 7.17. The van der Waals surface area contributed by atoms with Gasteiger partial charge in [0.15, 0.2) is 0 Å². The third kappa shape index (κ3) is 5.46. The summed E-state index contributed by atoms with van der Waals surface area (Å²) in [5, 5.41) is 0. The summed E-state index contributed by atoms with van der Waals surface area (Å²) in [6.07, 6.45) is 19.5. The lowest BCUT2D eigenvalue weighted by molar-refractivity contribution is 0.575. The summed E-state index contributed by atoms with van der Waals surface area (Å²) in [5.41, 5.74) is 18.3. The van der Waals surface area contributed by atoms with Crippen LogP contribution in [0.5, 0.6) is 0 Å². The van der Waals surface area contributed by atoms with Crippen molar-refractivity contribution < 1.29 is 0 Å². The molecular formula is C20H36N2. The smallest absolute Gasteiger partial charge is 0.0337 e. The second kappa shape index (κ2) is 10.1. The molecule has 0 aromatic carbocycles. The Morgan fingerprint density at radius 2 is 1.23 bits per heavy atom. The maximum Gasteiger partial charge on any atom is 0.0337 e. The fourth-order valence-electron chi connectivity index (χ4n) is 4.04. The van der Waals surface area contributed by atoms with Gasteiger partial charge in [-0.3, -0.25) is 0 Å². The normalized spacial score (nSPS) is 19.3. The van der Waals surface area contributed by atoms with Crippen LogP contribution in [0.15, 0.2) is 22.4 Å². The van der Waals surface area contributed by atoms with Gasteiger partial charge >= 0.3 is 0 Å². The minimum absolute atomic E-state index is 0.833. The van der Waals surface area contributed by atoms with Crippen LogP contribution in [0.2, 0.25) is 0 Å². The van der Waals surface area contributed by atoms with Gasteiger partial charge in [0.2, 0.25) is 0 Å². The molecule has 0 spiro atoms. The van der Waals surface area contributed by atoms with E-state index in [2.05, 4.69) is 0 Å². The molecule has 0 heterocycles. The third-order valence-electron chi connectivity index (χ3n) is 5.43. The Hall–Kier alpha value is -0.760. The van der Waals surface area contributed by atoms with Crippen molar-refractivity contribution in [3.8, 4) is 0 Å². The van der Waals surface area contributed by atoms with Crippen LogP contribution in [0.25, 0.3) is 0 Å². The summed E-state index contributed by atoms with van der Waals surface area (Å²) in [7, 11) is 0. The third-order valence-corrected chi connectivity index (χ3v) is 5.43. The lowest BCUT2D eigenvalue weighted by Gasteiger charge is -2.24. The molecule has 0 bridgehead atoms. The van der Waals surface area contributed by atoms with Gasteiger partial charge in [0.05, 0.1) is 0 Å². The van der Waals surface area contributed by atoms with Crippen LogP contribution in [0, 0.1) is 0 Å². The number of rotatable bonds is 7. The zero-order chi connectivity index (χ0) is 15.6. The van der Waals surface area contributed by atoms with E-state index in [0.717, 1.165) is 6.54 Å². The van der Waals surface area contributed by atoms with E-state index >= 15 is 0 Å². The van der Waals surface area contributed by atoms with Crippen molar-refractivity contribution in [2.24, 2.45) is 11.5 Å². The molecule has 2 fully saturated rings. The first-order valence-corrected chi connectivity index (χ1v) is 9.71. The number of nitrogens with two attached hydrogens (primary N) is 2. The van der Waals surface area contributed by atoms with E-state index in [1.54, 1.807) is 16.7 Å². The van der Waals surface area contributed by atoms with E-state index in [1.165, 1.54) is 102 Å². The van der Waals surface area contributed by atoms with Crippen LogP contribution < -0.4 is 11.5 Å². The highest BCUT2D eigenvalue weighted by molar-refractivity contribution is 5.37. The fraction of sp³-hybridized carbons (Fsp3) is 0.800. The summed E-state index contributed by atoms with van der Waals surface area (Å²) in [4.78, 5) is 0. The van der Waals surface area contributed by atoms with Gasteiger partial charge in [0.1, 0.15) is 0 Å². The number of unbranched alkanes of at least 4 members (excludes halogenated alkanes) is 3. The van der Waals surface area contributed by atoms with Gasteiger partial charge in [0, 0.05) is 5.70 Å². The van der Waals surface area contributed by atoms with E-state index in [9.17, 15) is 0 Å². The molecule has 0 aromatic rings. The summed E-state index contributed by atoms with van der Waals surface area (Å²) in [6.45, 7) is 0.833. The molecule has 2 rings (SSSR count). The van der Waals surface area contributed by atoms with E-state index < -0.39 is 0 Å². The van der Waals surface area contributed by atoms with Crippen LogP contribution in [0.1, 0.15) is 96.3 Å². The molecule has 0 aromatic heterocycles. The van der Waals surface area contributed by atoms with Crippen LogP contribution in [0.4, 0.5) is 0 Å². The predicted molar refractivity (Wildman–Crippen MR) is 96.5 cm³/mol. The Balaban J connectivity index is 2.04. The van der Waals surface area contributed by atoms with Gasteiger partial charge in [-0.1, -0.05) is 31.3 Å². The summed E-state index contributed by atoms with van der Waals surface area (Å²) in [5.74, 6) is 0. The Kier molecular flexibility index (Phi) is 8.07. The largest absolute Gasteiger partial charge is 0.399 e. The van der Waals surface area contributed by atoms with Gasteiger partial charge in [-0.2, -0.15) is 0 Å². The molecule has 2 heteroatoms. The minimum atomic E-state index is 0.833. The van der Waals surface area contributed by atoms with Crippen molar-refractivity contribution in [3.63, 3.8) is 0 Å². The van der Waals surface area contributed by atoms with Gasteiger partial charge in [-0.25, -0.2) is 0 Å². The molecule has 0 saturated heterocycles. The lowest BCUT2D eigenvalue weighted by atomic mass is 9.84. The van der Waals surface area contributed by atoms with Crippen molar-refractivity contribution in [1.82, 2.24) is 0 Å². The molecule has 0 atom stereocenters. The zero-order valence-corrected chi connectivity index (χ0v) is 14.5. The van der Waals surface area contributed by atoms with Crippen LogP contribution in [0.3, 0.4) is 0 Å². The molecule has 0 amide bonds. The SMILES string of the molecule is NCCCCCCC(=C1CCCCC1)C(N)=C1CCCCC1. The lowest BCUT2D eigenvalue weighted by Crippen LogP contribution is -2.12. The monoisotopic (exact) mass is 304 g/mol. The van der Waals surface area contributed by atoms with Crippen molar-refractivity contribution in [3.05, 3.63) is 22.4 Å². The van der Waals surface area contributed by atoms with E-state index in [-0.39, 0.29) is 0 Å². The van der Waals surface area contributed by atoms with Crippen molar-refractivity contribution >= 4 is 0 Å². The molecule has 2 nitrogen and oxygen atoms in total. The maximum absolute atomic E-state index is 6.67. The van der Waals surface area contributed by atoms with E-state index in [0.29, 0.717) is 0 Å². The van der Waals surface area contributed by atoms with Gasteiger partial charge in [0.25, 0.3) is 0 Å². The molecule has 2 saturated carbocycles. The summed E-state index contributed by atoms with van der Waals surface area (Å²) >= 11 is 0. The standard InChI is InChI=1S/C20H36N2/c21-16-10-2-1-9-15-19(17-11-5-3-6-12-17)20(22)18-13-7-4-8-14-18/h1-16,21-22H2. The molecule has 2 aliphatic carbocycles. The van der Waals surface area contributed by atoms with E-state index in [4.69, 9.17) is 11.5 Å². The average molecular weight is 305 g/mol. The van der Waals surface area contributed by atoms with Crippen LogP contribution >= 0.6 is 0 Å². The first-order chi connectivity index (χ1) is 10.8. The van der Waals surface area contributed by atoms with Crippen LogP contribution in [-0.2, 0) is 0 Å². The Morgan fingerprint density at radius 1 is 0.682 bits per heavy atom.